The van der Waals surface area contributed by atoms with Gasteiger partial charge < -0.3 is 4.74 Å². The summed E-state index contributed by atoms with van der Waals surface area (Å²) >= 11 is 0. The van der Waals surface area contributed by atoms with Crippen LogP contribution in [-0.4, -0.2) is 6.61 Å². The molecule has 1 aliphatic rings. The standard InChI is InChI=1S/C16H16O/c1-2-11-17-16-14-9-5-3-7-12(14)13-8-4-6-10-15(13)16/h3-10,16H,2,11H2,1H3. The number of ether oxygens (including phenoxy) is 1. The minimum absolute atomic E-state index is 0.127. The Hall–Kier alpha value is -1.60. The first kappa shape index (κ1) is 10.5. The van der Waals surface area contributed by atoms with Crippen molar-refractivity contribution < 1.29 is 4.74 Å². The summed E-state index contributed by atoms with van der Waals surface area (Å²) in [7, 11) is 0. The fourth-order valence-electron chi connectivity index (χ4n) is 2.52. The van der Waals surface area contributed by atoms with Gasteiger partial charge in [-0.25, -0.2) is 0 Å². The van der Waals surface area contributed by atoms with E-state index >= 15 is 0 Å². The molecule has 0 amide bonds. The predicted molar refractivity (Wildman–Crippen MR) is 70.0 cm³/mol. The zero-order valence-corrected chi connectivity index (χ0v) is 10.0. The Bertz CT molecular complexity index is 485. The van der Waals surface area contributed by atoms with Crippen molar-refractivity contribution in [3.63, 3.8) is 0 Å². The molecule has 0 aliphatic heterocycles. The second kappa shape index (κ2) is 4.34. The van der Waals surface area contributed by atoms with Crippen LogP contribution >= 0.6 is 0 Å². The Kier molecular flexibility index (Phi) is 2.69. The van der Waals surface area contributed by atoms with Gasteiger partial charge in [-0.15, -0.1) is 0 Å². The second-order valence-corrected chi connectivity index (χ2v) is 4.43. The van der Waals surface area contributed by atoms with Crippen LogP contribution in [0.5, 0.6) is 0 Å². The van der Waals surface area contributed by atoms with Gasteiger partial charge in [-0.2, -0.15) is 0 Å². The molecule has 0 unspecified atom stereocenters. The van der Waals surface area contributed by atoms with Gasteiger partial charge in [-0.3, -0.25) is 0 Å². The summed E-state index contributed by atoms with van der Waals surface area (Å²) in [6.45, 7) is 2.96. The minimum Gasteiger partial charge on any atom is -0.369 e. The molecule has 2 aromatic rings. The Morgan fingerprint density at radius 1 is 0.882 bits per heavy atom. The van der Waals surface area contributed by atoms with E-state index in [0.29, 0.717) is 0 Å². The fraction of sp³-hybridized carbons (Fsp3) is 0.250. The summed E-state index contributed by atoms with van der Waals surface area (Å²) in [5, 5.41) is 0. The lowest BCUT2D eigenvalue weighted by Gasteiger charge is -2.14. The molecule has 0 fully saturated rings. The summed E-state index contributed by atoms with van der Waals surface area (Å²) < 4.78 is 6.01. The minimum atomic E-state index is 0.127. The highest BCUT2D eigenvalue weighted by molar-refractivity contribution is 5.77. The van der Waals surface area contributed by atoms with Gasteiger partial charge in [0.15, 0.2) is 0 Å². The molecule has 1 aliphatic carbocycles. The van der Waals surface area contributed by atoms with E-state index in [0.717, 1.165) is 13.0 Å². The highest BCUT2D eigenvalue weighted by atomic mass is 16.5. The third kappa shape index (κ3) is 1.67. The van der Waals surface area contributed by atoms with E-state index in [-0.39, 0.29) is 6.10 Å². The SMILES string of the molecule is CCCOC1c2ccccc2-c2ccccc21. The van der Waals surface area contributed by atoms with Crippen LogP contribution in [0.3, 0.4) is 0 Å². The molecule has 0 bridgehead atoms. The molecule has 0 radical (unpaired) electrons. The first-order valence-corrected chi connectivity index (χ1v) is 6.21. The zero-order valence-electron chi connectivity index (χ0n) is 10.0. The smallest absolute Gasteiger partial charge is 0.109 e. The number of fused-ring (bicyclic) bond motifs is 3. The third-order valence-electron chi connectivity index (χ3n) is 3.27. The van der Waals surface area contributed by atoms with Crippen LogP contribution < -0.4 is 0 Å². The molecule has 0 atom stereocenters. The van der Waals surface area contributed by atoms with Gasteiger partial charge in [-0.1, -0.05) is 55.5 Å². The van der Waals surface area contributed by atoms with Gasteiger partial charge in [-0.05, 0) is 28.7 Å². The van der Waals surface area contributed by atoms with Crippen LogP contribution in [0.15, 0.2) is 48.5 Å². The molecular weight excluding hydrogens is 208 g/mol. The van der Waals surface area contributed by atoms with Crippen molar-refractivity contribution in [2.24, 2.45) is 0 Å². The highest BCUT2D eigenvalue weighted by Gasteiger charge is 2.28. The lowest BCUT2D eigenvalue weighted by molar-refractivity contribution is 0.0836. The third-order valence-corrected chi connectivity index (χ3v) is 3.27. The Morgan fingerprint density at radius 3 is 1.94 bits per heavy atom. The van der Waals surface area contributed by atoms with Crippen molar-refractivity contribution in [1.29, 1.82) is 0 Å². The van der Waals surface area contributed by atoms with Crippen molar-refractivity contribution in [3.05, 3.63) is 59.7 Å². The van der Waals surface area contributed by atoms with E-state index in [1.54, 1.807) is 0 Å². The van der Waals surface area contributed by atoms with Gasteiger partial charge in [0, 0.05) is 6.61 Å². The maximum absolute atomic E-state index is 6.01. The predicted octanol–water partition coefficient (Wildman–Crippen LogP) is 4.18. The van der Waals surface area contributed by atoms with Crippen LogP contribution in [0.25, 0.3) is 11.1 Å². The molecule has 0 heterocycles. The van der Waals surface area contributed by atoms with Crippen molar-refractivity contribution in [1.82, 2.24) is 0 Å². The summed E-state index contributed by atoms with van der Waals surface area (Å²) in [5.74, 6) is 0. The average Bonchev–Trinajstić information content (AvgIpc) is 2.71. The van der Waals surface area contributed by atoms with Gasteiger partial charge in [0.2, 0.25) is 0 Å². The first-order chi connectivity index (χ1) is 8.42. The Labute approximate surface area is 102 Å². The van der Waals surface area contributed by atoms with Crippen LogP contribution in [0.1, 0.15) is 30.6 Å². The summed E-state index contributed by atoms with van der Waals surface area (Å²) in [4.78, 5) is 0. The average molecular weight is 224 g/mol. The number of rotatable bonds is 3. The van der Waals surface area contributed by atoms with E-state index in [1.807, 2.05) is 0 Å². The second-order valence-electron chi connectivity index (χ2n) is 4.43. The van der Waals surface area contributed by atoms with E-state index < -0.39 is 0 Å². The Balaban J connectivity index is 2.10. The molecule has 17 heavy (non-hydrogen) atoms. The van der Waals surface area contributed by atoms with E-state index in [1.165, 1.54) is 22.3 Å². The molecule has 2 aromatic carbocycles. The molecule has 0 saturated carbocycles. The van der Waals surface area contributed by atoms with Crippen LogP contribution in [-0.2, 0) is 4.74 Å². The molecule has 1 heteroatoms. The number of hydrogen-bond acceptors (Lipinski definition) is 1. The van der Waals surface area contributed by atoms with Gasteiger partial charge in [0.1, 0.15) is 6.10 Å². The van der Waals surface area contributed by atoms with Crippen LogP contribution in [0.4, 0.5) is 0 Å². The van der Waals surface area contributed by atoms with E-state index in [9.17, 15) is 0 Å². The molecule has 0 saturated heterocycles. The fourth-order valence-corrected chi connectivity index (χ4v) is 2.52. The van der Waals surface area contributed by atoms with Crippen molar-refractivity contribution in [2.45, 2.75) is 19.4 Å². The van der Waals surface area contributed by atoms with Crippen LogP contribution in [0, 0.1) is 0 Å². The summed E-state index contributed by atoms with van der Waals surface area (Å²) in [6.07, 6.45) is 1.18. The lowest BCUT2D eigenvalue weighted by atomic mass is 10.1. The molecule has 0 spiro atoms. The molecule has 1 nitrogen and oxygen atoms in total. The van der Waals surface area contributed by atoms with E-state index in [2.05, 4.69) is 55.5 Å². The van der Waals surface area contributed by atoms with Crippen molar-refractivity contribution >= 4 is 0 Å². The largest absolute Gasteiger partial charge is 0.369 e. The topological polar surface area (TPSA) is 9.23 Å². The molecular formula is C16H16O. The highest BCUT2D eigenvalue weighted by Crippen LogP contribution is 2.44. The molecule has 86 valence electrons. The molecule has 0 N–H and O–H groups in total. The summed E-state index contributed by atoms with van der Waals surface area (Å²) in [6, 6.07) is 17.1. The van der Waals surface area contributed by atoms with Crippen molar-refractivity contribution in [2.75, 3.05) is 6.61 Å². The van der Waals surface area contributed by atoms with Gasteiger partial charge in [0.25, 0.3) is 0 Å². The summed E-state index contributed by atoms with van der Waals surface area (Å²) in [5.41, 5.74) is 5.26. The van der Waals surface area contributed by atoms with E-state index in [4.69, 9.17) is 4.74 Å². The normalized spacial score (nSPS) is 13.5. The first-order valence-electron chi connectivity index (χ1n) is 6.21. The number of benzene rings is 2. The monoisotopic (exact) mass is 224 g/mol. The quantitative estimate of drug-likeness (QED) is 0.759. The van der Waals surface area contributed by atoms with Gasteiger partial charge >= 0.3 is 0 Å². The maximum Gasteiger partial charge on any atom is 0.109 e. The number of hydrogen-bond donors (Lipinski definition) is 0. The van der Waals surface area contributed by atoms with Crippen LogP contribution in [0.2, 0.25) is 0 Å². The molecule has 3 rings (SSSR count). The van der Waals surface area contributed by atoms with Gasteiger partial charge in [0.05, 0.1) is 0 Å². The lowest BCUT2D eigenvalue weighted by Crippen LogP contribution is -2.03. The maximum atomic E-state index is 6.01. The van der Waals surface area contributed by atoms with Crippen molar-refractivity contribution in [3.8, 4) is 11.1 Å². The zero-order chi connectivity index (χ0) is 11.7. The Morgan fingerprint density at radius 2 is 1.41 bits per heavy atom. The molecule has 0 aromatic heterocycles.